The van der Waals surface area contributed by atoms with Gasteiger partial charge in [0.15, 0.2) is 4.90 Å². The van der Waals surface area contributed by atoms with Crippen LogP contribution < -0.4 is 4.31 Å². The zero-order chi connectivity index (χ0) is 19.3. The van der Waals surface area contributed by atoms with Crippen LogP contribution in [0, 0.1) is 13.7 Å². The van der Waals surface area contributed by atoms with Gasteiger partial charge in [-0.05, 0) is 59.3 Å². The lowest BCUT2D eigenvalue weighted by atomic mass is 10.3. The Balaban J connectivity index is 2.51. The van der Waals surface area contributed by atoms with Crippen LogP contribution in [0.15, 0.2) is 53.4 Å². The van der Waals surface area contributed by atoms with Gasteiger partial charge in [-0.15, -0.1) is 0 Å². The highest BCUT2D eigenvalue weighted by Crippen LogP contribution is 2.30. The van der Waals surface area contributed by atoms with E-state index in [-0.39, 0.29) is 19.4 Å². The highest BCUT2D eigenvalue weighted by atomic mass is 127. The first kappa shape index (κ1) is 20.1. The summed E-state index contributed by atoms with van der Waals surface area (Å²) < 4.78 is 28.1. The van der Waals surface area contributed by atoms with Crippen LogP contribution in [0.1, 0.15) is 12.8 Å². The maximum absolute atomic E-state index is 13.1. The summed E-state index contributed by atoms with van der Waals surface area (Å²) in [5, 5.41) is 20.0. The minimum atomic E-state index is -4.24. The Kier molecular flexibility index (Phi) is 6.53. The van der Waals surface area contributed by atoms with Gasteiger partial charge in [0.2, 0.25) is 0 Å². The molecule has 2 rings (SSSR count). The average molecular weight is 490 g/mol. The lowest BCUT2D eigenvalue weighted by Crippen LogP contribution is -2.32. The van der Waals surface area contributed by atoms with Gasteiger partial charge in [-0.25, -0.2) is 8.42 Å². The van der Waals surface area contributed by atoms with Crippen molar-refractivity contribution in [1.82, 2.24) is 0 Å². The Morgan fingerprint density at radius 3 is 2.35 bits per heavy atom. The van der Waals surface area contributed by atoms with Crippen molar-refractivity contribution in [3.63, 3.8) is 0 Å². The fraction of sp³-hybridized carbons (Fsp3) is 0.188. The normalized spacial score (nSPS) is 11.1. The number of nitro groups is 1. The molecule has 0 atom stereocenters. The number of rotatable bonds is 8. The first-order valence-electron chi connectivity index (χ1n) is 7.47. The molecule has 0 unspecified atom stereocenters. The molecule has 0 saturated heterocycles. The number of aliphatic carboxylic acids is 1. The van der Waals surface area contributed by atoms with Gasteiger partial charge < -0.3 is 5.11 Å². The largest absolute Gasteiger partial charge is 0.481 e. The first-order chi connectivity index (χ1) is 12.2. The number of hydrogen-bond donors (Lipinski definition) is 1. The summed E-state index contributed by atoms with van der Waals surface area (Å²) in [6.45, 7) is -0.110. The highest BCUT2D eigenvalue weighted by Gasteiger charge is 2.31. The zero-order valence-electron chi connectivity index (χ0n) is 13.4. The van der Waals surface area contributed by atoms with Gasteiger partial charge in [-0.2, -0.15) is 0 Å². The number of benzene rings is 2. The number of anilines is 1. The third-order valence-corrected chi connectivity index (χ3v) is 6.09. The van der Waals surface area contributed by atoms with E-state index in [1.54, 1.807) is 24.3 Å². The number of nitro benzene ring substituents is 1. The molecule has 0 radical (unpaired) electrons. The topological polar surface area (TPSA) is 118 Å². The maximum Gasteiger partial charge on any atom is 0.303 e. The molecule has 26 heavy (non-hydrogen) atoms. The van der Waals surface area contributed by atoms with Gasteiger partial charge in [0, 0.05) is 22.6 Å². The number of carbonyl (C=O) groups is 1. The summed E-state index contributed by atoms with van der Waals surface area (Å²) in [6.07, 6.45) is -0.144. The van der Waals surface area contributed by atoms with Crippen molar-refractivity contribution in [2.45, 2.75) is 17.7 Å². The summed E-state index contributed by atoms with van der Waals surface area (Å²) in [4.78, 5) is 20.8. The number of carboxylic acid groups (broad SMARTS) is 1. The zero-order valence-corrected chi connectivity index (χ0v) is 16.4. The van der Waals surface area contributed by atoms with Crippen molar-refractivity contribution in [2.75, 3.05) is 10.8 Å². The Bertz CT molecular complexity index is 915. The Morgan fingerprint density at radius 1 is 1.15 bits per heavy atom. The lowest BCUT2D eigenvalue weighted by Gasteiger charge is -2.24. The predicted molar refractivity (Wildman–Crippen MR) is 104 cm³/mol. The molecule has 0 spiro atoms. The van der Waals surface area contributed by atoms with Crippen molar-refractivity contribution in [3.8, 4) is 0 Å². The van der Waals surface area contributed by atoms with Crippen LogP contribution in [0.25, 0.3) is 0 Å². The minimum absolute atomic E-state index is 0.0706. The van der Waals surface area contributed by atoms with Gasteiger partial charge in [0.1, 0.15) is 0 Å². The lowest BCUT2D eigenvalue weighted by molar-refractivity contribution is -0.387. The van der Waals surface area contributed by atoms with Crippen molar-refractivity contribution < 1.29 is 23.2 Å². The molecule has 2 aromatic rings. The van der Waals surface area contributed by atoms with Crippen molar-refractivity contribution in [2.24, 2.45) is 0 Å². The molecule has 8 nitrogen and oxygen atoms in total. The summed E-state index contributed by atoms with van der Waals surface area (Å²) in [5.41, 5.74) is -0.213. The maximum atomic E-state index is 13.1. The van der Waals surface area contributed by atoms with E-state index in [9.17, 15) is 23.3 Å². The van der Waals surface area contributed by atoms with E-state index in [2.05, 4.69) is 22.6 Å². The molecule has 0 amide bonds. The average Bonchev–Trinajstić information content (AvgIpc) is 2.59. The Morgan fingerprint density at radius 2 is 1.77 bits per heavy atom. The molecule has 138 valence electrons. The van der Waals surface area contributed by atoms with Crippen molar-refractivity contribution in [1.29, 1.82) is 0 Å². The molecule has 10 heteroatoms. The number of sulfonamides is 1. The van der Waals surface area contributed by atoms with Gasteiger partial charge in [0.25, 0.3) is 15.7 Å². The number of carboxylic acids is 1. The molecule has 0 aliphatic rings. The van der Waals surface area contributed by atoms with Crippen molar-refractivity contribution in [3.05, 3.63) is 62.2 Å². The standard InChI is InChI=1S/C16H15IN2O6S/c17-12-7-9-13(10-8-12)18(11-3-6-16(20)21)26(24,25)15-5-2-1-4-14(15)19(22)23/h1-2,4-5,7-10H,3,6,11H2,(H,20,21). The molecule has 0 aliphatic heterocycles. The number of halogens is 1. The summed E-state index contributed by atoms with van der Waals surface area (Å²) in [5.74, 6) is -1.05. The fourth-order valence-corrected chi connectivity index (χ4v) is 4.34. The van der Waals surface area contributed by atoms with E-state index in [4.69, 9.17) is 5.11 Å². The van der Waals surface area contributed by atoms with E-state index < -0.39 is 31.5 Å². The van der Waals surface area contributed by atoms with E-state index in [0.29, 0.717) is 5.69 Å². The molecule has 0 aliphatic carbocycles. The van der Waals surface area contributed by atoms with E-state index in [1.165, 1.54) is 18.2 Å². The molecule has 2 aromatic carbocycles. The molecule has 0 bridgehead atoms. The Labute approximate surface area is 163 Å². The molecule has 0 aromatic heterocycles. The van der Waals surface area contributed by atoms with Crippen LogP contribution in [0.4, 0.5) is 11.4 Å². The van der Waals surface area contributed by atoms with Gasteiger partial charge in [0.05, 0.1) is 10.6 Å². The van der Waals surface area contributed by atoms with Crippen LogP contribution in [0.2, 0.25) is 0 Å². The second-order valence-corrected chi connectivity index (χ2v) is 8.35. The molecule has 0 saturated carbocycles. The highest BCUT2D eigenvalue weighted by molar-refractivity contribution is 14.1. The molecular formula is C16H15IN2O6S. The predicted octanol–water partition coefficient (Wildman–Crippen LogP) is 3.26. The monoisotopic (exact) mass is 490 g/mol. The minimum Gasteiger partial charge on any atom is -0.481 e. The third kappa shape index (κ3) is 4.69. The van der Waals surface area contributed by atoms with E-state index in [1.807, 2.05) is 0 Å². The van der Waals surface area contributed by atoms with Crippen LogP contribution in [0.5, 0.6) is 0 Å². The molecule has 0 fully saturated rings. The molecule has 0 heterocycles. The van der Waals surface area contributed by atoms with Crippen molar-refractivity contribution >= 4 is 50.0 Å². The van der Waals surface area contributed by atoms with Gasteiger partial charge >= 0.3 is 5.97 Å². The number of nitrogens with zero attached hydrogens (tertiary/aromatic N) is 2. The first-order valence-corrected chi connectivity index (χ1v) is 9.99. The SMILES string of the molecule is O=C(O)CCCN(c1ccc(I)cc1)S(=O)(=O)c1ccccc1[N+](=O)[O-]. The number of para-hydroxylation sites is 1. The third-order valence-electron chi connectivity index (χ3n) is 3.50. The van der Waals surface area contributed by atoms with Crippen LogP contribution in [0.3, 0.4) is 0 Å². The second kappa shape index (κ2) is 8.45. The quantitative estimate of drug-likeness (QED) is 0.345. The fourth-order valence-electron chi connectivity index (χ4n) is 2.31. The van der Waals surface area contributed by atoms with Crippen LogP contribution in [-0.4, -0.2) is 31.0 Å². The van der Waals surface area contributed by atoms with Crippen LogP contribution >= 0.6 is 22.6 Å². The van der Waals surface area contributed by atoms with Gasteiger partial charge in [-0.1, -0.05) is 12.1 Å². The smallest absolute Gasteiger partial charge is 0.303 e. The summed E-state index contributed by atoms with van der Waals surface area (Å²) in [7, 11) is -4.24. The summed E-state index contributed by atoms with van der Waals surface area (Å²) >= 11 is 2.07. The second-order valence-electron chi connectivity index (χ2n) is 5.28. The van der Waals surface area contributed by atoms with E-state index in [0.717, 1.165) is 13.9 Å². The van der Waals surface area contributed by atoms with E-state index >= 15 is 0 Å². The number of hydrogen-bond acceptors (Lipinski definition) is 5. The summed E-state index contributed by atoms with van der Waals surface area (Å²) in [6, 6.07) is 11.6. The molecular weight excluding hydrogens is 475 g/mol. The Hall–Kier alpha value is -2.21. The molecule has 1 N–H and O–H groups in total. The van der Waals surface area contributed by atoms with Crippen LogP contribution in [-0.2, 0) is 14.8 Å². The van der Waals surface area contributed by atoms with Gasteiger partial charge in [-0.3, -0.25) is 19.2 Å².